The summed E-state index contributed by atoms with van der Waals surface area (Å²) in [6, 6.07) is 4.88. The number of carbonyl (C=O) groups excluding carboxylic acids is 2. The van der Waals surface area contributed by atoms with Gasteiger partial charge >= 0.3 is 0 Å². The standard InChI is InChI=1S/C20H26N2O5S/c1-27-17-9-8-14(12-18(17)28(25,26)21-10-4-5-11-21)13-22-19(23)15-6-2-3-7-16(15)20(22)24/h8-9,12,15-16H,2-7,10-11,13H2,1H3/t15-,16-/m0/s1. The first-order valence-electron chi connectivity index (χ1n) is 9.96. The molecular weight excluding hydrogens is 380 g/mol. The number of ether oxygens (including phenoxy) is 1. The van der Waals surface area contributed by atoms with E-state index in [-0.39, 0.29) is 40.8 Å². The second-order valence-electron chi connectivity index (χ2n) is 7.86. The normalized spacial score (nSPS) is 26.0. The third-order valence-corrected chi connectivity index (χ3v) is 8.10. The monoisotopic (exact) mass is 406 g/mol. The van der Waals surface area contributed by atoms with E-state index in [1.165, 1.54) is 16.3 Å². The van der Waals surface area contributed by atoms with Crippen molar-refractivity contribution >= 4 is 21.8 Å². The summed E-state index contributed by atoms with van der Waals surface area (Å²) in [5.41, 5.74) is 0.624. The molecule has 2 amide bonds. The number of imide groups is 1. The molecule has 1 aromatic rings. The number of hydrogen-bond donors (Lipinski definition) is 0. The molecular formula is C20H26N2O5S. The Morgan fingerprint density at radius 3 is 2.18 bits per heavy atom. The van der Waals surface area contributed by atoms with Crippen molar-refractivity contribution in [2.24, 2.45) is 11.8 Å². The topological polar surface area (TPSA) is 84.0 Å². The quantitative estimate of drug-likeness (QED) is 0.700. The van der Waals surface area contributed by atoms with Crippen LogP contribution in [0.25, 0.3) is 0 Å². The molecule has 1 aliphatic carbocycles. The van der Waals surface area contributed by atoms with Gasteiger partial charge < -0.3 is 4.74 Å². The predicted octanol–water partition coefficient (Wildman–Crippen LogP) is 2.15. The molecule has 0 spiro atoms. The Bertz CT molecular complexity index is 868. The van der Waals surface area contributed by atoms with E-state index in [2.05, 4.69) is 0 Å². The lowest BCUT2D eigenvalue weighted by Crippen LogP contribution is -2.31. The maximum Gasteiger partial charge on any atom is 0.246 e. The van der Waals surface area contributed by atoms with Gasteiger partial charge in [-0.2, -0.15) is 4.31 Å². The number of benzene rings is 1. The van der Waals surface area contributed by atoms with Gasteiger partial charge in [0, 0.05) is 13.1 Å². The van der Waals surface area contributed by atoms with Crippen LogP contribution in [-0.4, -0.2) is 49.6 Å². The van der Waals surface area contributed by atoms with E-state index in [4.69, 9.17) is 4.74 Å². The summed E-state index contributed by atoms with van der Waals surface area (Å²) in [5.74, 6) is -0.355. The number of fused-ring (bicyclic) bond motifs is 1. The molecule has 3 aliphatic rings. The average molecular weight is 407 g/mol. The summed E-state index contributed by atoms with van der Waals surface area (Å²) in [6.07, 6.45) is 5.19. The molecule has 2 aliphatic heterocycles. The van der Waals surface area contributed by atoms with Crippen LogP contribution in [0.3, 0.4) is 0 Å². The van der Waals surface area contributed by atoms with Crippen LogP contribution in [0, 0.1) is 11.8 Å². The lowest BCUT2D eigenvalue weighted by molar-refractivity contribution is -0.140. The number of carbonyl (C=O) groups is 2. The first-order chi connectivity index (χ1) is 13.4. The lowest BCUT2D eigenvalue weighted by atomic mass is 9.81. The van der Waals surface area contributed by atoms with Crippen molar-refractivity contribution in [2.45, 2.75) is 50.0 Å². The third-order valence-electron chi connectivity index (χ3n) is 6.18. The Morgan fingerprint density at radius 2 is 1.61 bits per heavy atom. The van der Waals surface area contributed by atoms with Crippen LogP contribution in [0.2, 0.25) is 0 Å². The van der Waals surface area contributed by atoms with E-state index < -0.39 is 10.0 Å². The molecule has 8 heteroatoms. The van der Waals surface area contributed by atoms with Crippen LogP contribution >= 0.6 is 0 Å². The Hall–Kier alpha value is -1.93. The van der Waals surface area contributed by atoms with Crippen LogP contribution < -0.4 is 4.74 Å². The molecule has 2 heterocycles. The average Bonchev–Trinajstić information content (AvgIpc) is 3.33. The predicted molar refractivity (Wildman–Crippen MR) is 102 cm³/mol. The number of nitrogens with zero attached hydrogens (tertiary/aromatic N) is 2. The molecule has 0 radical (unpaired) electrons. The summed E-state index contributed by atoms with van der Waals surface area (Å²) in [7, 11) is -2.22. The number of amides is 2. The van der Waals surface area contributed by atoms with E-state index in [0.717, 1.165) is 38.5 Å². The number of likely N-dealkylation sites (tertiary alicyclic amines) is 1. The molecule has 1 saturated carbocycles. The fraction of sp³-hybridized carbons (Fsp3) is 0.600. The second kappa shape index (κ2) is 7.48. The number of methoxy groups -OCH3 is 1. The molecule has 7 nitrogen and oxygen atoms in total. The highest BCUT2D eigenvalue weighted by Gasteiger charge is 2.48. The van der Waals surface area contributed by atoms with Gasteiger partial charge in [0.1, 0.15) is 10.6 Å². The highest BCUT2D eigenvalue weighted by Crippen LogP contribution is 2.39. The van der Waals surface area contributed by atoms with Gasteiger partial charge in [-0.3, -0.25) is 14.5 Å². The summed E-state index contributed by atoms with van der Waals surface area (Å²) >= 11 is 0. The molecule has 2 atom stereocenters. The van der Waals surface area contributed by atoms with E-state index in [1.807, 2.05) is 0 Å². The zero-order chi connectivity index (χ0) is 19.9. The first kappa shape index (κ1) is 19.4. The highest BCUT2D eigenvalue weighted by molar-refractivity contribution is 7.89. The van der Waals surface area contributed by atoms with Crippen molar-refractivity contribution in [1.29, 1.82) is 0 Å². The molecule has 0 unspecified atom stereocenters. The highest BCUT2D eigenvalue weighted by atomic mass is 32.2. The zero-order valence-electron chi connectivity index (χ0n) is 16.1. The number of rotatable bonds is 5. The van der Waals surface area contributed by atoms with E-state index in [1.54, 1.807) is 18.2 Å². The summed E-state index contributed by atoms with van der Waals surface area (Å²) in [6.45, 7) is 1.11. The minimum Gasteiger partial charge on any atom is -0.495 e. The van der Waals surface area contributed by atoms with E-state index in [9.17, 15) is 18.0 Å². The Kier molecular flexibility index (Phi) is 5.18. The molecule has 152 valence electrons. The summed E-state index contributed by atoms with van der Waals surface area (Å²) in [5, 5.41) is 0. The molecule has 0 bridgehead atoms. The molecule has 0 aromatic heterocycles. The lowest BCUT2D eigenvalue weighted by Gasteiger charge is -2.20. The summed E-state index contributed by atoms with van der Waals surface area (Å²) in [4.78, 5) is 26.9. The minimum atomic E-state index is -3.67. The van der Waals surface area contributed by atoms with Crippen molar-refractivity contribution in [1.82, 2.24) is 9.21 Å². The Labute approximate surface area is 165 Å². The van der Waals surface area contributed by atoms with Crippen molar-refractivity contribution in [2.75, 3.05) is 20.2 Å². The largest absolute Gasteiger partial charge is 0.495 e. The van der Waals surface area contributed by atoms with Crippen LogP contribution in [0.15, 0.2) is 23.1 Å². The molecule has 4 rings (SSSR count). The van der Waals surface area contributed by atoms with Crippen molar-refractivity contribution in [3.63, 3.8) is 0 Å². The summed E-state index contributed by atoms with van der Waals surface area (Å²) < 4.78 is 32.8. The van der Waals surface area contributed by atoms with Gasteiger partial charge in [0.15, 0.2) is 0 Å². The molecule has 28 heavy (non-hydrogen) atoms. The molecule has 1 aromatic carbocycles. The van der Waals surface area contributed by atoms with Crippen LogP contribution in [-0.2, 0) is 26.2 Å². The van der Waals surface area contributed by atoms with Gasteiger partial charge in [0.05, 0.1) is 25.5 Å². The number of sulfonamides is 1. The fourth-order valence-corrected chi connectivity index (χ4v) is 6.38. The third kappa shape index (κ3) is 3.22. The molecule has 2 saturated heterocycles. The second-order valence-corrected chi connectivity index (χ2v) is 9.76. The minimum absolute atomic E-state index is 0.103. The van der Waals surface area contributed by atoms with Crippen LogP contribution in [0.1, 0.15) is 44.1 Å². The van der Waals surface area contributed by atoms with Gasteiger partial charge in [0.25, 0.3) is 0 Å². The van der Waals surface area contributed by atoms with Crippen molar-refractivity contribution in [3.05, 3.63) is 23.8 Å². The zero-order valence-corrected chi connectivity index (χ0v) is 16.9. The SMILES string of the molecule is COc1ccc(CN2C(=O)[C@H]3CCCC[C@@H]3C2=O)cc1S(=O)(=O)N1CCCC1. The smallest absolute Gasteiger partial charge is 0.246 e. The van der Waals surface area contributed by atoms with Gasteiger partial charge in [-0.15, -0.1) is 0 Å². The Morgan fingerprint density at radius 1 is 1.00 bits per heavy atom. The van der Waals surface area contributed by atoms with Crippen LogP contribution in [0.4, 0.5) is 0 Å². The molecule has 0 N–H and O–H groups in total. The van der Waals surface area contributed by atoms with Gasteiger partial charge in [0.2, 0.25) is 21.8 Å². The van der Waals surface area contributed by atoms with Gasteiger partial charge in [-0.1, -0.05) is 18.9 Å². The van der Waals surface area contributed by atoms with Crippen molar-refractivity contribution < 1.29 is 22.7 Å². The van der Waals surface area contributed by atoms with E-state index >= 15 is 0 Å². The number of hydrogen-bond acceptors (Lipinski definition) is 5. The first-order valence-corrected chi connectivity index (χ1v) is 11.4. The fourth-order valence-electron chi connectivity index (χ4n) is 4.66. The maximum absolute atomic E-state index is 13.0. The van der Waals surface area contributed by atoms with Crippen LogP contribution in [0.5, 0.6) is 5.75 Å². The van der Waals surface area contributed by atoms with Gasteiger partial charge in [-0.05, 0) is 43.4 Å². The molecule has 3 fully saturated rings. The maximum atomic E-state index is 13.0. The van der Waals surface area contributed by atoms with E-state index in [0.29, 0.717) is 18.7 Å². The van der Waals surface area contributed by atoms with Crippen molar-refractivity contribution in [3.8, 4) is 5.75 Å². The van der Waals surface area contributed by atoms with Gasteiger partial charge in [-0.25, -0.2) is 8.42 Å². The Balaban J connectivity index is 1.62.